The number of aryl methyl sites for hydroxylation is 2. The van der Waals surface area contributed by atoms with E-state index in [-0.39, 0.29) is 47.5 Å². The third-order valence-corrected chi connectivity index (χ3v) is 8.62. The topological polar surface area (TPSA) is 102 Å². The molecule has 9 heteroatoms. The third-order valence-electron chi connectivity index (χ3n) is 8.04. The Kier molecular flexibility index (Phi) is 18.4. The van der Waals surface area contributed by atoms with Gasteiger partial charge in [-0.2, -0.15) is 0 Å². The second-order valence-electron chi connectivity index (χ2n) is 12.1. The Balaban J connectivity index is 0. The summed E-state index contributed by atoms with van der Waals surface area (Å²) in [6, 6.07) is 3.61. The lowest BCUT2D eigenvalue weighted by Crippen LogP contribution is -2.21. The van der Waals surface area contributed by atoms with Gasteiger partial charge in [-0.05, 0) is 133 Å². The van der Waals surface area contributed by atoms with Crippen LogP contribution in [0.5, 0.6) is 0 Å². The zero-order valence-corrected chi connectivity index (χ0v) is 32.7. The van der Waals surface area contributed by atoms with E-state index in [1.165, 1.54) is 35.5 Å². The van der Waals surface area contributed by atoms with Crippen molar-refractivity contribution >= 4 is 73.8 Å². The Hall–Kier alpha value is -3.78. The molecular weight excluding hydrogens is 739 g/mol. The van der Waals surface area contributed by atoms with Crippen molar-refractivity contribution in [3.8, 4) is 0 Å². The summed E-state index contributed by atoms with van der Waals surface area (Å²) >= 11 is 12.5. The minimum Gasteiger partial charge on any atom is -0.290 e. The Bertz CT molecular complexity index is 1800. The average molecular weight is 791 g/mol. The first-order valence-electron chi connectivity index (χ1n) is 16.3. The predicted octanol–water partition coefficient (Wildman–Crippen LogP) is 10.9. The highest BCUT2D eigenvalue weighted by Gasteiger charge is 2.29. The van der Waals surface area contributed by atoms with Gasteiger partial charge in [0.2, 0.25) is 0 Å². The molecule has 0 N–H and O–H groups in total. The molecule has 270 valence electrons. The number of carbonyl (C=O) groups excluding carboxylic acids is 6. The fraction of sp³-hybridized carbons (Fsp3) is 0.317. The van der Waals surface area contributed by atoms with E-state index >= 15 is 0 Å². The quantitative estimate of drug-likeness (QED) is 0.121. The number of ketones is 6. The summed E-state index contributed by atoms with van der Waals surface area (Å²) in [6.07, 6.45) is 6.78. The molecule has 5 rings (SSSR count). The minimum atomic E-state index is -0.135. The molecular formula is C41H49BrCl2O6. The van der Waals surface area contributed by atoms with Gasteiger partial charge in [0.25, 0.3) is 0 Å². The summed E-state index contributed by atoms with van der Waals surface area (Å²) in [5.41, 5.74) is 10.8. The molecule has 0 bridgehead atoms. The highest BCUT2D eigenvalue weighted by Crippen LogP contribution is 2.34. The van der Waals surface area contributed by atoms with E-state index in [0.717, 1.165) is 27.8 Å². The van der Waals surface area contributed by atoms with Crippen LogP contribution < -0.4 is 0 Å². The van der Waals surface area contributed by atoms with Crippen molar-refractivity contribution in [2.45, 2.75) is 82.6 Å². The molecule has 0 radical (unpaired) electrons. The molecule has 0 aliphatic heterocycles. The van der Waals surface area contributed by atoms with Gasteiger partial charge in [-0.3, -0.25) is 28.8 Å². The summed E-state index contributed by atoms with van der Waals surface area (Å²) < 4.78 is 10.3. The first kappa shape index (κ1) is 44.2. The molecule has 6 nitrogen and oxygen atoms in total. The fourth-order valence-electron chi connectivity index (χ4n) is 4.55. The second-order valence-corrected chi connectivity index (χ2v) is 13.8. The second kappa shape index (κ2) is 20.8. The van der Waals surface area contributed by atoms with E-state index in [2.05, 4.69) is 29.1 Å². The highest BCUT2D eigenvalue weighted by atomic mass is 79.9. The molecule has 0 saturated carbocycles. The molecule has 0 atom stereocenters. The van der Waals surface area contributed by atoms with Crippen LogP contribution in [0.2, 0.25) is 0 Å². The van der Waals surface area contributed by atoms with Gasteiger partial charge < -0.3 is 0 Å². The smallest absolute Gasteiger partial charge is 0.195 e. The minimum absolute atomic E-state index is 0. The van der Waals surface area contributed by atoms with Crippen LogP contribution >= 0.6 is 39.1 Å². The van der Waals surface area contributed by atoms with E-state index in [1.54, 1.807) is 32.9 Å². The number of halogens is 3. The molecule has 50 heavy (non-hydrogen) atoms. The van der Waals surface area contributed by atoms with Crippen LogP contribution in [-0.4, -0.2) is 40.0 Å². The van der Waals surface area contributed by atoms with Crippen LogP contribution in [-0.2, 0) is 19.2 Å². The van der Waals surface area contributed by atoms with Crippen molar-refractivity contribution in [2.24, 2.45) is 0 Å². The van der Waals surface area contributed by atoms with Crippen LogP contribution in [0, 0.1) is 13.8 Å². The lowest BCUT2D eigenvalue weighted by atomic mass is 9.79. The van der Waals surface area contributed by atoms with Gasteiger partial charge in [0, 0.05) is 48.0 Å². The SMILES string of the molecule is C.C=C(C)C(=C)C.CC1=CC(=O)C2=C(CC(C)=C(C)C2)C1=O.CC1=CC(=O)C=C(Br)C1=O.CC1=CC(=O)c2cc(C)c(C)cc2C1=O.ClCCl.[2H][2H]. The van der Waals surface area contributed by atoms with Crippen LogP contribution in [0.25, 0.3) is 0 Å². The van der Waals surface area contributed by atoms with E-state index < -0.39 is 0 Å². The van der Waals surface area contributed by atoms with Gasteiger partial charge in [0.15, 0.2) is 34.7 Å². The lowest BCUT2D eigenvalue weighted by molar-refractivity contribution is -0.116. The van der Waals surface area contributed by atoms with Gasteiger partial charge in [0.1, 0.15) is 0 Å². The number of Topliss-reactive ketones (excluding diaryl/α,β-unsaturated/α-hetero) is 3. The third kappa shape index (κ3) is 12.8. The molecule has 0 aromatic heterocycles. The number of allylic oxidation sites excluding steroid dienone is 14. The van der Waals surface area contributed by atoms with Crippen molar-refractivity contribution < 1.29 is 31.7 Å². The van der Waals surface area contributed by atoms with Crippen molar-refractivity contribution in [2.75, 3.05) is 5.34 Å². The molecule has 0 spiro atoms. The van der Waals surface area contributed by atoms with Gasteiger partial charge in [-0.1, -0.05) is 42.9 Å². The van der Waals surface area contributed by atoms with Crippen LogP contribution in [0.4, 0.5) is 0 Å². The van der Waals surface area contributed by atoms with E-state index in [9.17, 15) is 28.8 Å². The average Bonchev–Trinajstić information content (AvgIpc) is 3.05. The maximum absolute atomic E-state index is 11.9. The van der Waals surface area contributed by atoms with Gasteiger partial charge in [-0.15, -0.1) is 23.2 Å². The highest BCUT2D eigenvalue weighted by molar-refractivity contribution is 9.12. The van der Waals surface area contributed by atoms with Crippen LogP contribution in [0.15, 0.2) is 104 Å². The normalized spacial score (nSPS) is 16.2. The number of fused-ring (bicyclic) bond motifs is 1. The van der Waals surface area contributed by atoms with E-state index in [0.29, 0.717) is 50.7 Å². The molecule has 1 aromatic carbocycles. The Labute approximate surface area is 318 Å². The van der Waals surface area contributed by atoms with E-state index in [4.69, 9.17) is 26.2 Å². The zero-order chi connectivity index (χ0) is 39.9. The number of carbonyl (C=O) groups is 6. The molecule has 4 aliphatic carbocycles. The van der Waals surface area contributed by atoms with Crippen molar-refractivity contribution in [1.82, 2.24) is 0 Å². The number of hydrogen-bond donors (Lipinski definition) is 0. The fourth-order valence-corrected chi connectivity index (χ4v) is 5.08. The molecule has 0 heterocycles. The van der Waals surface area contributed by atoms with E-state index in [1.807, 2.05) is 41.5 Å². The zero-order valence-electron chi connectivity index (χ0n) is 31.6. The Morgan fingerprint density at radius 3 is 1.52 bits per heavy atom. The molecule has 0 amide bonds. The summed E-state index contributed by atoms with van der Waals surface area (Å²) in [5, 5.41) is 0.194. The van der Waals surface area contributed by atoms with Gasteiger partial charge in [0.05, 0.1) is 9.82 Å². The number of hydrogen-bond acceptors (Lipinski definition) is 6. The molecule has 0 fully saturated rings. The monoisotopic (exact) mass is 788 g/mol. The maximum Gasteiger partial charge on any atom is 0.195 e. The Morgan fingerprint density at radius 1 is 0.660 bits per heavy atom. The van der Waals surface area contributed by atoms with Crippen LogP contribution in [0.3, 0.4) is 0 Å². The van der Waals surface area contributed by atoms with Crippen molar-refractivity contribution in [3.05, 3.63) is 126 Å². The first-order valence-corrected chi connectivity index (χ1v) is 17.1. The lowest BCUT2D eigenvalue weighted by Gasteiger charge is -2.23. The first-order chi connectivity index (χ1) is 23.7. The molecule has 0 unspecified atom stereocenters. The number of alkyl halides is 2. The molecule has 4 aliphatic rings. The standard InChI is InChI=1S/C13H14O2.C13H12O2.C7H5BrO2.C6H10.CH2Cl2.CH4.H2/c2*1-7-4-10-11(5-8(7)2)13(15)9(3)6-12(10)14;1-4-2-5(9)3-6(8)7(4)10;1-5(2)6(3)4;2-1-3;;/h6H,4-5H2,1-3H3;4-6H,1-3H3;2-3H,1H3;1,3H2,2,4H3;1H2;1H4;1H/i;;;;;;1+1D. The van der Waals surface area contributed by atoms with Crippen molar-refractivity contribution in [3.63, 3.8) is 0 Å². The predicted molar refractivity (Wildman–Crippen MR) is 213 cm³/mol. The summed E-state index contributed by atoms with van der Waals surface area (Å²) in [7, 11) is 0. The molecule has 1 aromatic rings. The number of rotatable bonds is 1. The Morgan fingerprint density at radius 2 is 1.06 bits per heavy atom. The summed E-state index contributed by atoms with van der Waals surface area (Å²) in [4.78, 5) is 68.7. The largest absolute Gasteiger partial charge is 0.290 e. The summed E-state index contributed by atoms with van der Waals surface area (Å²) in [6.45, 7) is 24.2. The summed E-state index contributed by atoms with van der Waals surface area (Å²) in [5.74, 6) is -0.271. The maximum atomic E-state index is 11.9. The van der Waals surface area contributed by atoms with Crippen molar-refractivity contribution in [1.29, 1.82) is 0 Å². The molecule has 0 saturated heterocycles. The van der Waals surface area contributed by atoms with Crippen LogP contribution in [0.1, 0.15) is 104 Å². The number of benzene rings is 1. The van der Waals surface area contributed by atoms with Gasteiger partial charge >= 0.3 is 0 Å². The van der Waals surface area contributed by atoms with Gasteiger partial charge in [-0.25, -0.2) is 0 Å².